The molecule has 1 fully saturated rings. The number of hydrogen-bond acceptors (Lipinski definition) is 4. The molecule has 1 aliphatic heterocycles. The smallest absolute Gasteiger partial charge is 0.272 e. The zero-order valence-corrected chi connectivity index (χ0v) is 17.8. The van der Waals surface area contributed by atoms with Gasteiger partial charge in [0, 0.05) is 19.9 Å². The van der Waals surface area contributed by atoms with E-state index in [1.165, 1.54) is 6.92 Å². The Bertz CT molecular complexity index is 906. The molecule has 1 N–H and O–H groups in total. The van der Waals surface area contributed by atoms with Gasteiger partial charge < -0.3 is 19.7 Å². The van der Waals surface area contributed by atoms with Crippen LogP contribution < -0.4 is 19.7 Å². The van der Waals surface area contributed by atoms with Crippen LogP contribution in [0.25, 0.3) is 0 Å². The van der Waals surface area contributed by atoms with Gasteiger partial charge in [-0.3, -0.25) is 4.79 Å². The zero-order chi connectivity index (χ0) is 22.5. The highest BCUT2D eigenvalue weighted by Gasteiger charge is 2.28. The second-order valence-corrected chi connectivity index (χ2v) is 7.71. The molecule has 2 unspecified atom stereocenters. The first kappa shape index (κ1) is 22.8. The number of amides is 1. The van der Waals surface area contributed by atoms with E-state index in [2.05, 4.69) is 5.32 Å². The first-order valence-electron chi connectivity index (χ1n) is 10.2. The van der Waals surface area contributed by atoms with Crippen LogP contribution in [0.4, 0.5) is 18.9 Å². The van der Waals surface area contributed by atoms with Crippen molar-refractivity contribution < 1.29 is 27.4 Å². The van der Waals surface area contributed by atoms with Crippen molar-refractivity contribution in [3.05, 3.63) is 53.3 Å². The monoisotopic (exact) mass is 436 g/mol. The Morgan fingerprint density at radius 3 is 2.58 bits per heavy atom. The lowest BCUT2D eigenvalue weighted by molar-refractivity contribution is -0.119. The van der Waals surface area contributed by atoms with Crippen LogP contribution in [-0.4, -0.2) is 38.1 Å². The van der Waals surface area contributed by atoms with Crippen LogP contribution in [0.1, 0.15) is 37.4 Å². The van der Waals surface area contributed by atoms with Crippen molar-refractivity contribution in [3.8, 4) is 11.5 Å². The van der Waals surface area contributed by atoms with Crippen LogP contribution >= 0.6 is 0 Å². The Hall–Kier alpha value is -2.90. The Kier molecular flexibility index (Phi) is 7.30. The van der Waals surface area contributed by atoms with Crippen LogP contribution in [0, 0.1) is 12.7 Å². The number of rotatable bonds is 8. The lowest BCUT2D eigenvalue weighted by Gasteiger charge is -2.22. The van der Waals surface area contributed by atoms with E-state index in [1.54, 1.807) is 19.1 Å². The largest absolute Gasteiger partial charge is 0.489 e. The minimum atomic E-state index is -2.67. The minimum absolute atomic E-state index is 0.0926. The maximum absolute atomic E-state index is 14.9. The summed E-state index contributed by atoms with van der Waals surface area (Å²) >= 11 is 0. The van der Waals surface area contributed by atoms with Crippen molar-refractivity contribution in [2.24, 2.45) is 0 Å². The van der Waals surface area contributed by atoms with Crippen LogP contribution in [0.3, 0.4) is 0 Å². The summed E-state index contributed by atoms with van der Waals surface area (Å²) in [4.78, 5) is 13.0. The highest BCUT2D eigenvalue weighted by Crippen LogP contribution is 2.33. The van der Waals surface area contributed by atoms with Crippen LogP contribution in [0.5, 0.6) is 11.5 Å². The van der Waals surface area contributed by atoms with Crippen LogP contribution in [-0.2, 0) is 4.79 Å². The molecule has 0 aliphatic carbocycles. The molecule has 1 heterocycles. The average Bonchev–Trinajstić information content (AvgIpc) is 3.15. The van der Waals surface area contributed by atoms with E-state index >= 15 is 0 Å². The lowest BCUT2D eigenvalue weighted by Crippen LogP contribution is -2.25. The topological polar surface area (TPSA) is 50.8 Å². The second-order valence-electron chi connectivity index (χ2n) is 7.71. The first-order chi connectivity index (χ1) is 14.7. The van der Waals surface area contributed by atoms with Gasteiger partial charge >= 0.3 is 0 Å². The van der Waals surface area contributed by atoms with Gasteiger partial charge in [-0.05, 0) is 43.2 Å². The molecule has 168 valence electrons. The maximum atomic E-state index is 14.9. The van der Waals surface area contributed by atoms with Crippen molar-refractivity contribution in [2.75, 3.05) is 24.6 Å². The number of aryl methyl sites for hydroxylation is 1. The predicted molar refractivity (Wildman–Crippen MR) is 113 cm³/mol. The zero-order valence-electron chi connectivity index (χ0n) is 17.8. The number of carbonyl (C=O) groups excluding carboxylic acids is 1. The van der Waals surface area contributed by atoms with Crippen molar-refractivity contribution in [1.82, 2.24) is 5.32 Å². The van der Waals surface area contributed by atoms with Gasteiger partial charge in [0.2, 0.25) is 5.91 Å². The lowest BCUT2D eigenvalue weighted by atomic mass is 10.1. The molecule has 0 spiro atoms. The molecule has 31 heavy (non-hydrogen) atoms. The summed E-state index contributed by atoms with van der Waals surface area (Å²) in [5.41, 5.74) is 1.76. The fourth-order valence-corrected chi connectivity index (χ4v) is 3.67. The number of alkyl halides is 2. The van der Waals surface area contributed by atoms with Crippen molar-refractivity contribution >= 4 is 11.6 Å². The molecule has 2 aromatic carbocycles. The number of anilines is 1. The maximum Gasteiger partial charge on any atom is 0.272 e. The fourth-order valence-electron chi connectivity index (χ4n) is 3.67. The molecule has 0 saturated carbocycles. The normalized spacial score (nSPS) is 17.0. The van der Waals surface area contributed by atoms with Gasteiger partial charge in [-0.15, -0.1) is 0 Å². The van der Waals surface area contributed by atoms with Gasteiger partial charge in [0.05, 0.1) is 18.3 Å². The first-order valence-corrected chi connectivity index (χ1v) is 10.2. The summed E-state index contributed by atoms with van der Waals surface area (Å²) in [5, 5.41) is 2.83. The Morgan fingerprint density at radius 1 is 1.23 bits per heavy atom. The third kappa shape index (κ3) is 5.83. The third-order valence-corrected chi connectivity index (χ3v) is 5.22. The van der Waals surface area contributed by atoms with Crippen LogP contribution in [0.15, 0.2) is 36.4 Å². The van der Waals surface area contributed by atoms with Crippen molar-refractivity contribution in [1.29, 1.82) is 0 Å². The Morgan fingerprint density at radius 2 is 1.94 bits per heavy atom. The standard InChI is InChI=1S/C23H27F3N2O3/c1-14-4-9-20(22(26)23(14)30-13-21(24)25)28-11-10-19(12-28)31-18-7-5-17(6-8-18)15(2)27-16(3)29/h4-9,15,19,21H,10-13H2,1-3H3,(H,27,29). The van der Waals surface area contributed by atoms with Crippen molar-refractivity contribution in [2.45, 2.75) is 45.8 Å². The molecular weight excluding hydrogens is 409 g/mol. The summed E-state index contributed by atoms with van der Waals surface area (Å²) in [5.74, 6) is -0.162. The second kappa shape index (κ2) is 9.94. The molecule has 2 atom stereocenters. The number of hydrogen-bond donors (Lipinski definition) is 1. The van der Waals surface area contributed by atoms with Gasteiger partial charge in [-0.1, -0.05) is 18.2 Å². The number of nitrogens with one attached hydrogen (secondary N) is 1. The molecule has 3 rings (SSSR count). The molecule has 0 radical (unpaired) electrons. The molecule has 1 saturated heterocycles. The predicted octanol–water partition coefficient (Wildman–Crippen LogP) is 4.63. The molecular formula is C23H27F3N2O3. The number of benzene rings is 2. The van der Waals surface area contributed by atoms with Gasteiger partial charge in [-0.2, -0.15) is 0 Å². The summed E-state index contributed by atoms with van der Waals surface area (Å²) < 4.78 is 50.9. The van der Waals surface area contributed by atoms with E-state index in [0.29, 0.717) is 36.5 Å². The quantitative estimate of drug-likeness (QED) is 0.656. The Labute approximate surface area is 180 Å². The van der Waals surface area contributed by atoms with Gasteiger partial charge in [-0.25, -0.2) is 13.2 Å². The summed E-state index contributed by atoms with van der Waals surface area (Å²) in [6.07, 6.45) is -2.10. The molecule has 1 amide bonds. The van der Waals surface area contributed by atoms with Gasteiger partial charge in [0.1, 0.15) is 18.5 Å². The van der Waals surface area contributed by atoms with Gasteiger partial charge in [0.15, 0.2) is 11.6 Å². The van der Waals surface area contributed by atoms with E-state index in [4.69, 9.17) is 9.47 Å². The highest BCUT2D eigenvalue weighted by molar-refractivity contribution is 5.73. The SMILES string of the molecule is CC(=O)NC(C)c1ccc(OC2CCN(c3ccc(C)c(OCC(F)F)c3F)C2)cc1. The fraction of sp³-hybridized carbons (Fsp3) is 0.435. The number of nitrogens with zero attached hydrogens (tertiary/aromatic N) is 1. The average molecular weight is 436 g/mol. The van der Waals surface area contributed by atoms with Crippen molar-refractivity contribution in [3.63, 3.8) is 0 Å². The van der Waals surface area contributed by atoms with E-state index < -0.39 is 18.8 Å². The highest BCUT2D eigenvalue weighted by atomic mass is 19.3. The molecule has 0 aromatic heterocycles. The summed E-state index contributed by atoms with van der Waals surface area (Å²) in [7, 11) is 0. The van der Waals surface area contributed by atoms with E-state index in [9.17, 15) is 18.0 Å². The molecule has 1 aliphatic rings. The Balaban J connectivity index is 1.63. The van der Waals surface area contributed by atoms with Crippen LogP contribution in [0.2, 0.25) is 0 Å². The number of ether oxygens (including phenoxy) is 2. The minimum Gasteiger partial charge on any atom is -0.489 e. The third-order valence-electron chi connectivity index (χ3n) is 5.22. The summed E-state index contributed by atoms with van der Waals surface area (Å²) in [6, 6.07) is 10.7. The number of halogens is 3. The molecule has 2 aromatic rings. The summed E-state index contributed by atoms with van der Waals surface area (Å²) in [6.45, 7) is 5.21. The van der Waals surface area contributed by atoms with E-state index in [-0.39, 0.29) is 23.8 Å². The molecule has 0 bridgehead atoms. The van der Waals surface area contributed by atoms with Gasteiger partial charge in [0.25, 0.3) is 6.43 Å². The van der Waals surface area contributed by atoms with E-state index in [0.717, 1.165) is 5.56 Å². The molecule has 5 nitrogen and oxygen atoms in total. The number of carbonyl (C=O) groups is 1. The van der Waals surface area contributed by atoms with E-state index in [1.807, 2.05) is 36.1 Å². The molecule has 8 heteroatoms.